The third-order valence-corrected chi connectivity index (χ3v) is 3.07. The van der Waals surface area contributed by atoms with Gasteiger partial charge < -0.3 is 10.0 Å². The van der Waals surface area contributed by atoms with Crippen LogP contribution in [0.15, 0.2) is 18.3 Å². The van der Waals surface area contributed by atoms with Crippen LogP contribution in [-0.2, 0) is 6.61 Å². The van der Waals surface area contributed by atoms with Crippen LogP contribution in [0, 0.1) is 0 Å². The molecule has 0 atom stereocenters. The lowest BCUT2D eigenvalue weighted by Gasteiger charge is -2.22. The molecule has 0 aliphatic carbocycles. The van der Waals surface area contributed by atoms with Gasteiger partial charge in [0.15, 0.2) is 5.13 Å². The number of aliphatic hydroxyl groups excluding tert-OH is 1. The summed E-state index contributed by atoms with van der Waals surface area (Å²) in [5.74, 6) is 0. The first-order chi connectivity index (χ1) is 6.40. The van der Waals surface area contributed by atoms with E-state index in [0.29, 0.717) is 0 Å². The van der Waals surface area contributed by atoms with Gasteiger partial charge >= 0.3 is 0 Å². The highest BCUT2D eigenvalue weighted by atomic mass is 32.1. The maximum Gasteiger partial charge on any atom is 0.185 e. The van der Waals surface area contributed by atoms with Crippen molar-refractivity contribution in [2.75, 3.05) is 18.0 Å². The van der Waals surface area contributed by atoms with Gasteiger partial charge in [-0.1, -0.05) is 23.5 Å². The summed E-state index contributed by atoms with van der Waals surface area (Å²) >= 11 is 1.57. The normalized spacial score (nSPS) is 16.5. The number of aromatic nitrogens is 1. The molecule has 4 heteroatoms. The second-order valence-electron chi connectivity index (χ2n) is 2.97. The smallest absolute Gasteiger partial charge is 0.185 e. The molecule has 0 saturated heterocycles. The molecule has 0 spiro atoms. The summed E-state index contributed by atoms with van der Waals surface area (Å²) in [4.78, 5) is 7.42. The lowest BCUT2D eigenvalue weighted by Crippen LogP contribution is -2.26. The van der Waals surface area contributed by atoms with Crippen LogP contribution in [0.5, 0.6) is 0 Å². The summed E-state index contributed by atoms with van der Waals surface area (Å²) in [5, 5.41) is 9.91. The van der Waals surface area contributed by atoms with Gasteiger partial charge in [-0.05, 0) is 6.42 Å². The van der Waals surface area contributed by atoms with Crippen LogP contribution >= 0.6 is 11.3 Å². The van der Waals surface area contributed by atoms with Crippen LogP contribution in [0.1, 0.15) is 11.3 Å². The molecule has 1 aromatic heterocycles. The van der Waals surface area contributed by atoms with Gasteiger partial charge in [-0.25, -0.2) is 4.98 Å². The van der Waals surface area contributed by atoms with Crippen molar-refractivity contribution in [2.24, 2.45) is 0 Å². The quantitative estimate of drug-likeness (QED) is 0.726. The Hall–Kier alpha value is -0.870. The molecule has 3 nitrogen and oxygen atoms in total. The fraction of sp³-hybridized carbons (Fsp3) is 0.444. The number of anilines is 1. The summed E-state index contributed by atoms with van der Waals surface area (Å²) < 4.78 is 0. The van der Waals surface area contributed by atoms with E-state index in [0.717, 1.165) is 29.5 Å². The molecule has 1 aliphatic rings. The molecular formula is C9H12N2OS. The average Bonchev–Trinajstić information content (AvgIpc) is 2.67. The van der Waals surface area contributed by atoms with E-state index in [2.05, 4.69) is 22.0 Å². The largest absolute Gasteiger partial charge is 0.391 e. The summed E-state index contributed by atoms with van der Waals surface area (Å²) in [6.45, 7) is 2.08. The van der Waals surface area contributed by atoms with Crippen LogP contribution in [0.4, 0.5) is 5.13 Å². The molecule has 13 heavy (non-hydrogen) atoms. The van der Waals surface area contributed by atoms with Crippen molar-refractivity contribution in [1.29, 1.82) is 0 Å². The average molecular weight is 196 g/mol. The van der Waals surface area contributed by atoms with Crippen molar-refractivity contribution in [3.8, 4) is 0 Å². The Morgan fingerprint density at radius 2 is 2.46 bits per heavy atom. The highest BCUT2D eigenvalue weighted by Gasteiger charge is 2.10. The number of thiazole rings is 1. The second-order valence-corrected chi connectivity index (χ2v) is 4.07. The number of nitrogens with zero attached hydrogens (tertiary/aromatic N) is 2. The first kappa shape index (κ1) is 8.72. The zero-order chi connectivity index (χ0) is 9.10. The lowest BCUT2D eigenvalue weighted by molar-refractivity contribution is 0.285. The molecule has 0 unspecified atom stereocenters. The number of aliphatic hydroxyl groups is 1. The minimum atomic E-state index is 0.0986. The molecule has 2 heterocycles. The zero-order valence-electron chi connectivity index (χ0n) is 7.31. The van der Waals surface area contributed by atoms with Crippen LogP contribution in [0.2, 0.25) is 0 Å². The first-order valence-corrected chi connectivity index (χ1v) is 5.17. The highest BCUT2D eigenvalue weighted by Crippen LogP contribution is 2.23. The molecule has 0 fully saturated rings. The van der Waals surface area contributed by atoms with Crippen molar-refractivity contribution < 1.29 is 5.11 Å². The highest BCUT2D eigenvalue weighted by molar-refractivity contribution is 7.15. The van der Waals surface area contributed by atoms with Crippen LogP contribution in [0.25, 0.3) is 0 Å². The van der Waals surface area contributed by atoms with Gasteiger partial charge in [-0.2, -0.15) is 0 Å². The Morgan fingerprint density at radius 3 is 3.08 bits per heavy atom. The molecule has 0 bridgehead atoms. The zero-order valence-corrected chi connectivity index (χ0v) is 8.13. The Bertz CT molecular complexity index is 308. The predicted octanol–water partition coefficient (Wildman–Crippen LogP) is 1.40. The molecule has 70 valence electrons. The van der Waals surface area contributed by atoms with E-state index >= 15 is 0 Å². The van der Waals surface area contributed by atoms with Gasteiger partial charge in [0.25, 0.3) is 0 Å². The first-order valence-electron chi connectivity index (χ1n) is 4.35. The van der Waals surface area contributed by atoms with Crippen molar-refractivity contribution in [1.82, 2.24) is 4.98 Å². The number of hydrogen-bond donors (Lipinski definition) is 1. The minimum Gasteiger partial charge on any atom is -0.391 e. The fourth-order valence-electron chi connectivity index (χ4n) is 1.33. The summed E-state index contributed by atoms with van der Waals surface area (Å²) in [7, 11) is 0. The molecule has 2 rings (SSSR count). The van der Waals surface area contributed by atoms with E-state index < -0.39 is 0 Å². The molecule has 0 saturated carbocycles. The Kier molecular flexibility index (Phi) is 2.61. The predicted molar refractivity (Wildman–Crippen MR) is 54.0 cm³/mol. The van der Waals surface area contributed by atoms with Gasteiger partial charge in [0.2, 0.25) is 0 Å². The molecule has 0 amide bonds. The topological polar surface area (TPSA) is 36.4 Å². The third-order valence-electron chi connectivity index (χ3n) is 2.03. The molecule has 0 aromatic carbocycles. The second kappa shape index (κ2) is 3.89. The summed E-state index contributed by atoms with van der Waals surface area (Å²) in [6, 6.07) is 0. The third kappa shape index (κ3) is 1.89. The Morgan fingerprint density at radius 1 is 1.54 bits per heavy atom. The van der Waals surface area contributed by atoms with Gasteiger partial charge in [0.1, 0.15) is 0 Å². The van der Waals surface area contributed by atoms with Gasteiger partial charge in [0.05, 0.1) is 11.5 Å². The van der Waals surface area contributed by atoms with Gasteiger partial charge in [0, 0.05) is 19.3 Å². The number of hydrogen-bond acceptors (Lipinski definition) is 4. The number of rotatable bonds is 2. The van der Waals surface area contributed by atoms with E-state index in [1.54, 1.807) is 17.5 Å². The van der Waals surface area contributed by atoms with E-state index in [-0.39, 0.29) is 6.61 Å². The van der Waals surface area contributed by atoms with Crippen LogP contribution in [-0.4, -0.2) is 23.2 Å². The van der Waals surface area contributed by atoms with Crippen molar-refractivity contribution in [2.45, 2.75) is 13.0 Å². The standard InChI is InChI=1S/C9H12N2OS/c12-7-8-6-10-9(13-8)11-4-2-1-3-5-11/h1-2,6,12H,3-5,7H2. The Labute approximate surface area is 81.3 Å². The van der Waals surface area contributed by atoms with E-state index in [1.165, 1.54) is 0 Å². The van der Waals surface area contributed by atoms with E-state index in [9.17, 15) is 0 Å². The maximum absolute atomic E-state index is 8.89. The molecular weight excluding hydrogens is 184 g/mol. The van der Waals surface area contributed by atoms with Crippen LogP contribution in [0.3, 0.4) is 0 Å². The van der Waals surface area contributed by atoms with Gasteiger partial charge in [-0.15, -0.1) is 0 Å². The molecule has 1 N–H and O–H groups in total. The van der Waals surface area contributed by atoms with Crippen molar-refractivity contribution in [3.63, 3.8) is 0 Å². The molecule has 0 radical (unpaired) electrons. The maximum atomic E-state index is 8.89. The summed E-state index contributed by atoms with van der Waals surface area (Å²) in [6.07, 6.45) is 7.19. The van der Waals surface area contributed by atoms with Crippen LogP contribution < -0.4 is 4.90 Å². The Balaban J connectivity index is 2.10. The molecule has 1 aromatic rings. The fourth-order valence-corrected chi connectivity index (χ4v) is 2.14. The van der Waals surface area contributed by atoms with Crippen molar-refractivity contribution in [3.05, 3.63) is 23.2 Å². The SMILES string of the molecule is OCc1cnc(N2CC=CCC2)s1. The van der Waals surface area contributed by atoms with E-state index in [1.807, 2.05) is 0 Å². The van der Waals surface area contributed by atoms with Gasteiger partial charge in [-0.3, -0.25) is 0 Å². The minimum absolute atomic E-state index is 0.0986. The summed E-state index contributed by atoms with van der Waals surface area (Å²) in [5.41, 5.74) is 0. The molecule has 1 aliphatic heterocycles. The monoisotopic (exact) mass is 196 g/mol. The van der Waals surface area contributed by atoms with E-state index in [4.69, 9.17) is 5.11 Å². The van der Waals surface area contributed by atoms with Crippen molar-refractivity contribution >= 4 is 16.5 Å². The lowest BCUT2D eigenvalue weighted by atomic mass is 10.3.